The van der Waals surface area contributed by atoms with Gasteiger partial charge < -0.3 is 15.0 Å². The van der Waals surface area contributed by atoms with E-state index in [1.165, 1.54) is 6.42 Å². The number of halogens is 1. The Balaban J connectivity index is 0.00000120. The van der Waals surface area contributed by atoms with Crippen molar-refractivity contribution >= 4 is 12.4 Å². The maximum absolute atomic E-state index is 6.15. The molecule has 1 saturated carbocycles. The monoisotopic (exact) mass is 273 g/mol. The Labute approximate surface area is 113 Å². The largest absolute Gasteiger partial charge is 0.378 e. The summed E-state index contributed by atoms with van der Waals surface area (Å²) in [7, 11) is 0. The van der Waals surface area contributed by atoms with E-state index in [9.17, 15) is 0 Å². The van der Waals surface area contributed by atoms with Crippen molar-refractivity contribution in [3.63, 3.8) is 0 Å². The second-order valence-corrected chi connectivity index (χ2v) is 5.20. The number of hydrogen-bond donors (Lipinski definition) is 1. The number of rotatable bonds is 4. The molecule has 3 rings (SSSR count). The van der Waals surface area contributed by atoms with Gasteiger partial charge in [0.2, 0.25) is 5.89 Å². The van der Waals surface area contributed by atoms with Gasteiger partial charge in [-0.1, -0.05) is 5.16 Å². The average molecular weight is 274 g/mol. The van der Waals surface area contributed by atoms with Crippen LogP contribution in [0.1, 0.15) is 50.2 Å². The first-order valence-electron chi connectivity index (χ1n) is 6.50. The van der Waals surface area contributed by atoms with Gasteiger partial charge in [-0.15, -0.1) is 12.4 Å². The fraction of sp³-hybridized carbons (Fsp3) is 0.833. The molecule has 2 aliphatic rings. The highest BCUT2D eigenvalue weighted by Gasteiger charge is 2.38. The molecule has 2 heterocycles. The lowest BCUT2D eigenvalue weighted by molar-refractivity contribution is 0.102. The van der Waals surface area contributed by atoms with Gasteiger partial charge in [0.15, 0.2) is 5.82 Å². The van der Waals surface area contributed by atoms with Crippen molar-refractivity contribution in [1.29, 1.82) is 0 Å². The first kappa shape index (κ1) is 13.8. The summed E-state index contributed by atoms with van der Waals surface area (Å²) in [6, 6.07) is 0. The molecule has 1 aliphatic carbocycles. The summed E-state index contributed by atoms with van der Waals surface area (Å²) >= 11 is 0. The second kappa shape index (κ2) is 5.55. The summed E-state index contributed by atoms with van der Waals surface area (Å²) in [5.74, 6) is 1.39. The van der Waals surface area contributed by atoms with Gasteiger partial charge in [-0.05, 0) is 38.5 Å². The van der Waals surface area contributed by atoms with Crippen molar-refractivity contribution in [1.82, 2.24) is 10.1 Å². The van der Waals surface area contributed by atoms with Crippen LogP contribution in [0.5, 0.6) is 0 Å². The summed E-state index contributed by atoms with van der Waals surface area (Å²) in [4.78, 5) is 4.41. The number of hydrogen-bond acceptors (Lipinski definition) is 5. The lowest BCUT2D eigenvalue weighted by Crippen LogP contribution is -2.44. The van der Waals surface area contributed by atoms with Crippen LogP contribution in [0.2, 0.25) is 0 Å². The third-order valence-electron chi connectivity index (χ3n) is 3.86. The van der Waals surface area contributed by atoms with Crippen molar-refractivity contribution in [3.05, 3.63) is 11.7 Å². The Morgan fingerprint density at radius 1 is 1.33 bits per heavy atom. The minimum Gasteiger partial charge on any atom is -0.378 e. The first-order chi connectivity index (χ1) is 8.26. The summed E-state index contributed by atoms with van der Waals surface area (Å²) in [5, 5.41) is 4.00. The Kier molecular flexibility index (Phi) is 4.25. The lowest BCUT2D eigenvalue weighted by atomic mass is 9.77. The molecule has 0 spiro atoms. The normalized spacial score (nSPS) is 25.5. The van der Waals surface area contributed by atoms with Crippen LogP contribution in [0.4, 0.5) is 0 Å². The number of ether oxygens (including phenoxy) is 1. The van der Waals surface area contributed by atoms with Crippen molar-refractivity contribution in [2.45, 2.75) is 56.6 Å². The molecule has 2 N–H and O–H groups in total. The molecule has 18 heavy (non-hydrogen) atoms. The van der Waals surface area contributed by atoms with Crippen molar-refractivity contribution in [2.24, 2.45) is 5.73 Å². The minimum atomic E-state index is -0.314. The van der Waals surface area contributed by atoms with Gasteiger partial charge in [0, 0.05) is 13.0 Å². The highest BCUT2D eigenvalue weighted by molar-refractivity contribution is 5.85. The molecule has 0 aromatic carbocycles. The molecule has 6 heteroatoms. The topological polar surface area (TPSA) is 74.2 Å². The predicted molar refractivity (Wildman–Crippen MR) is 68.6 cm³/mol. The van der Waals surface area contributed by atoms with E-state index in [1.54, 1.807) is 0 Å². The third-order valence-corrected chi connectivity index (χ3v) is 3.86. The van der Waals surface area contributed by atoms with Gasteiger partial charge in [0.25, 0.3) is 0 Å². The standard InChI is InChI=1S/C12H19N3O2.ClH/c13-12(6-2-7-12)11-14-10(17-15-11)5-4-9-3-1-8-16-9;/h9H,1-8,13H2;1H. The Hall–Kier alpha value is -0.650. The van der Waals surface area contributed by atoms with E-state index in [1.807, 2.05) is 0 Å². The number of nitrogens with two attached hydrogens (primary N) is 1. The molecule has 0 bridgehead atoms. The van der Waals surface area contributed by atoms with E-state index in [0.29, 0.717) is 17.8 Å². The SMILES string of the molecule is Cl.NC1(c2noc(CCC3CCCO3)n2)CCC1. The molecule has 1 unspecified atom stereocenters. The summed E-state index contributed by atoms with van der Waals surface area (Å²) in [5.41, 5.74) is 5.83. The van der Waals surface area contributed by atoms with Crippen LogP contribution < -0.4 is 5.73 Å². The maximum atomic E-state index is 6.15. The Morgan fingerprint density at radius 3 is 2.78 bits per heavy atom. The first-order valence-corrected chi connectivity index (χ1v) is 6.50. The van der Waals surface area contributed by atoms with Crippen LogP contribution >= 0.6 is 12.4 Å². The minimum absolute atomic E-state index is 0. The molecule has 1 saturated heterocycles. The molecule has 1 aliphatic heterocycles. The number of nitrogens with zero attached hydrogens (tertiary/aromatic N) is 2. The number of aryl methyl sites for hydroxylation is 1. The van der Waals surface area contributed by atoms with Gasteiger partial charge in [0.1, 0.15) is 0 Å². The fourth-order valence-electron chi connectivity index (χ4n) is 2.50. The highest BCUT2D eigenvalue weighted by Crippen LogP contribution is 2.36. The van der Waals surface area contributed by atoms with Gasteiger partial charge >= 0.3 is 0 Å². The Bertz CT molecular complexity index is 386. The van der Waals surface area contributed by atoms with Gasteiger partial charge in [-0.25, -0.2) is 0 Å². The zero-order chi connectivity index (χ0) is 11.7. The fourth-order valence-corrected chi connectivity index (χ4v) is 2.50. The molecule has 1 aromatic rings. The smallest absolute Gasteiger partial charge is 0.226 e. The second-order valence-electron chi connectivity index (χ2n) is 5.20. The van der Waals surface area contributed by atoms with Gasteiger partial charge in [-0.2, -0.15) is 4.98 Å². The van der Waals surface area contributed by atoms with E-state index >= 15 is 0 Å². The van der Waals surface area contributed by atoms with E-state index in [-0.39, 0.29) is 17.9 Å². The molecule has 1 aromatic heterocycles. The Morgan fingerprint density at radius 2 is 2.17 bits per heavy atom. The summed E-state index contributed by atoms with van der Waals surface area (Å²) in [6.07, 6.45) is 7.58. The van der Waals surface area contributed by atoms with Crippen LogP contribution in [0.25, 0.3) is 0 Å². The van der Waals surface area contributed by atoms with Crippen molar-refractivity contribution in [3.8, 4) is 0 Å². The molecule has 0 radical (unpaired) electrons. The van der Waals surface area contributed by atoms with Crippen molar-refractivity contribution in [2.75, 3.05) is 6.61 Å². The molecule has 102 valence electrons. The zero-order valence-electron chi connectivity index (χ0n) is 10.4. The van der Waals surface area contributed by atoms with Gasteiger partial charge in [0.05, 0.1) is 11.6 Å². The van der Waals surface area contributed by atoms with Crippen molar-refractivity contribution < 1.29 is 9.26 Å². The molecule has 1 atom stereocenters. The molecular weight excluding hydrogens is 254 g/mol. The lowest BCUT2D eigenvalue weighted by Gasteiger charge is -2.34. The van der Waals surface area contributed by atoms with Gasteiger partial charge in [-0.3, -0.25) is 0 Å². The molecule has 0 amide bonds. The molecular formula is C12H20ClN3O2. The van der Waals surface area contributed by atoms with Crippen LogP contribution in [0.3, 0.4) is 0 Å². The third kappa shape index (κ3) is 2.68. The molecule has 2 fully saturated rings. The van der Waals surface area contributed by atoms with E-state index in [4.69, 9.17) is 15.0 Å². The highest BCUT2D eigenvalue weighted by atomic mass is 35.5. The summed E-state index contributed by atoms with van der Waals surface area (Å²) < 4.78 is 10.8. The zero-order valence-corrected chi connectivity index (χ0v) is 11.2. The maximum Gasteiger partial charge on any atom is 0.226 e. The van der Waals surface area contributed by atoms with E-state index in [2.05, 4.69) is 10.1 Å². The van der Waals surface area contributed by atoms with Crippen LogP contribution in [0, 0.1) is 0 Å². The van der Waals surface area contributed by atoms with Crippen LogP contribution in [0.15, 0.2) is 4.52 Å². The van der Waals surface area contributed by atoms with E-state index < -0.39 is 0 Å². The predicted octanol–water partition coefficient (Wildman–Crippen LogP) is 1.94. The average Bonchev–Trinajstić information content (AvgIpc) is 2.94. The van der Waals surface area contributed by atoms with Crippen LogP contribution in [-0.4, -0.2) is 22.9 Å². The number of aromatic nitrogens is 2. The quantitative estimate of drug-likeness (QED) is 0.907. The van der Waals surface area contributed by atoms with Crippen LogP contribution in [-0.2, 0) is 16.7 Å². The van der Waals surface area contributed by atoms with E-state index in [0.717, 1.165) is 45.1 Å². The summed E-state index contributed by atoms with van der Waals surface area (Å²) in [6.45, 7) is 0.895. The molecule has 5 nitrogen and oxygen atoms in total.